The number of allylic oxidation sites excluding steroid dienone is 1. The van der Waals surface area contributed by atoms with Gasteiger partial charge in [0.25, 0.3) is 5.91 Å². The summed E-state index contributed by atoms with van der Waals surface area (Å²) in [5, 5.41) is 0. The molecule has 0 unspecified atom stereocenters. The number of carbonyl (C=O) groups excluding carboxylic acids is 2. The summed E-state index contributed by atoms with van der Waals surface area (Å²) in [6.45, 7) is 2.23. The van der Waals surface area contributed by atoms with Crippen LogP contribution in [0, 0.1) is 0 Å². The van der Waals surface area contributed by atoms with Gasteiger partial charge in [-0.2, -0.15) is 0 Å². The first-order valence-electron chi connectivity index (χ1n) is 5.76. The molecule has 88 valence electrons. The molecule has 0 N–H and O–H groups in total. The lowest BCUT2D eigenvalue weighted by Gasteiger charge is -2.24. The van der Waals surface area contributed by atoms with Crippen molar-refractivity contribution in [3.8, 4) is 0 Å². The first-order chi connectivity index (χ1) is 8.18. The van der Waals surface area contributed by atoms with E-state index in [1.54, 1.807) is 30.2 Å². The second-order valence-electron chi connectivity index (χ2n) is 4.18. The zero-order chi connectivity index (χ0) is 12.3. The minimum atomic E-state index is -0.0379. The van der Waals surface area contributed by atoms with Gasteiger partial charge in [0, 0.05) is 23.9 Å². The zero-order valence-electron chi connectivity index (χ0n) is 9.85. The van der Waals surface area contributed by atoms with Crippen LogP contribution >= 0.6 is 0 Å². The van der Waals surface area contributed by atoms with E-state index in [-0.39, 0.29) is 11.7 Å². The third-order valence-electron chi connectivity index (χ3n) is 2.89. The Morgan fingerprint density at radius 1 is 1.18 bits per heavy atom. The largest absolute Gasteiger partial charge is 0.315 e. The fourth-order valence-electron chi connectivity index (χ4n) is 1.93. The van der Waals surface area contributed by atoms with Crippen LogP contribution in [-0.4, -0.2) is 23.1 Å². The Kier molecular flexibility index (Phi) is 3.38. The average Bonchev–Trinajstić information content (AvgIpc) is 2.39. The van der Waals surface area contributed by atoms with Gasteiger partial charge < -0.3 is 4.90 Å². The normalized spacial score (nSPS) is 15.4. The Morgan fingerprint density at radius 2 is 1.88 bits per heavy atom. The molecule has 1 aromatic rings. The number of carbonyl (C=O) groups is 2. The lowest BCUT2D eigenvalue weighted by atomic mass is 10.0. The highest BCUT2D eigenvalue weighted by molar-refractivity contribution is 5.97. The van der Waals surface area contributed by atoms with Gasteiger partial charge in [0.1, 0.15) is 0 Å². The van der Waals surface area contributed by atoms with E-state index >= 15 is 0 Å². The van der Waals surface area contributed by atoms with E-state index in [4.69, 9.17) is 0 Å². The van der Waals surface area contributed by atoms with Crippen molar-refractivity contribution in [2.45, 2.75) is 19.8 Å². The molecule has 1 aliphatic rings. The summed E-state index contributed by atoms with van der Waals surface area (Å²) in [5.41, 5.74) is 1.40. The lowest BCUT2D eigenvalue weighted by Crippen LogP contribution is -2.30. The molecule has 0 radical (unpaired) electrons. The molecular weight excluding hydrogens is 214 g/mol. The van der Waals surface area contributed by atoms with Crippen molar-refractivity contribution < 1.29 is 9.59 Å². The van der Waals surface area contributed by atoms with E-state index in [9.17, 15) is 9.59 Å². The maximum Gasteiger partial charge on any atom is 0.257 e. The molecule has 17 heavy (non-hydrogen) atoms. The molecule has 1 heterocycles. The number of amides is 1. The van der Waals surface area contributed by atoms with Crippen molar-refractivity contribution in [3.63, 3.8) is 0 Å². The van der Waals surface area contributed by atoms with Crippen LogP contribution in [0.1, 0.15) is 30.1 Å². The Bertz CT molecular complexity index is 462. The minimum absolute atomic E-state index is 0.0379. The van der Waals surface area contributed by atoms with E-state index in [1.165, 1.54) is 0 Å². The molecule has 3 nitrogen and oxygen atoms in total. The Hall–Kier alpha value is -1.90. The smallest absolute Gasteiger partial charge is 0.257 e. The molecule has 0 atom stereocenters. The number of nitrogens with zero attached hydrogens (tertiary/aromatic N) is 1. The highest BCUT2D eigenvalue weighted by atomic mass is 16.2. The summed E-state index contributed by atoms with van der Waals surface area (Å²) in [6, 6.07) is 9.14. The van der Waals surface area contributed by atoms with Gasteiger partial charge in [-0.05, 0) is 31.9 Å². The Morgan fingerprint density at radius 3 is 2.53 bits per heavy atom. The van der Waals surface area contributed by atoms with Crippen molar-refractivity contribution in [2.75, 3.05) is 6.54 Å². The molecular formula is C14H15NO2. The summed E-state index contributed by atoms with van der Waals surface area (Å²) < 4.78 is 0. The van der Waals surface area contributed by atoms with Crippen LogP contribution in [0.2, 0.25) is 0 Å². The van der Waals surface area contributed by atoms with Crippen LogP contribution in [0.3, 0.4) is 0 Å². The SMILES string of the molecule is CC(=O)C1=CN(C(=O)c2ccccc2)CCC1. The molecule has 0 aliphatic carbocycles. The monoisotopic (exact) mass is 229 g/mol. The van der Waals surface area contributed by atoms with Gasteiger partial charge in [-0.1, -0.05) is 18.2 Å². The third-order valence-corrected chi connectivity index (χ3v) is 2.89. The van der Waals surface area contributed by atoms with E-state index in [0.29, 0.717) is 12.1 Å². The highest BCUT2D eigenvalue weighted by Crippen LogP contribution is 2.17. The first-order valence-corrected chi connectivity index (χ1v) is 5.76. The average molecular weight is 229 g/mol. The van der Waals surface area contributed by atoms with Gasteiger partial charge in [0.05, 0.1) is 0 Å². The number of rotatable bonds is 2. The molecule has 0 bridgehead atoms. The number of Topliss-reactive ketones (excluding diaryl/α,β-unsaturated/α-hetero) is 1. The number of benzene rings is 1. The summed E-state index contributed by atoms with van der Waals surface area (Å²) in [4.78, 5) is 25.1. The van der Waals surface area contributed by atoms with Gasteiger partial charge in [-0.3, -0.25) is 9.59 Å². The molecule has 0 aromatic heterocycles. The highest BCUT2D eigenvalue weighted by Gasteiger charge is 2.19. The molecule has 0 fully saturated rings. The van der Waals surface area contributed by atoms with Crippen molar-refractivity contribution in [1.29, 1.82) is 0 Å². The fraction of sp³-hybridized carbons (Fsp3) is 0.286. The van der Waals surface area contributed by atoms with Crippen LogP contribution in [0.25, 0.3) is 0 Å². The first kappa shape index (κ1) is 11.6. The lowest BCUT2D eigenvalue weighted by molar-refractivity contribution is -0.113. The number of hydrogen-bond acceptors (Lipinski definition) is 2. The predicted molar refractivity (Wildman–Crippen MR) is 65.5 cm³/mol. The number of hydrogen-bond donors (Lipinski definition) is 0. The summed E-state index contributed by atoms with van der Waals surface area (Å²) >= 11 is 0. The topological polar surface area (TPSA) is 37.4 Å². The zero-order valence-corrected chi connectivity index (χ0v) is 9.85. The maximum atomic E-state index is 12.1. The van der Waals surface area contributed by atoms with Crippen LogP contribution in [0.4, 0.5) is 0 Å². The number of ketones is 1. The maximum absolute atomic E-state index is 12.1. The van der Waals surface area contributed by atoms with Crippen LogP contribution < -0.4 is 0 Å². The van der Waals surface area contributed by atoms with Crippen molar-refractivity contribution in [2.24, 2.45) is 0 Å². The fourth-order valence-corrected chi connectivity index (χ4v) is 1.93. The third kappa shape index (κ3) is 2.61. The van der Waals surface area contributed by atoms with Crippen molar-refractivity contribution >= 4 is 11.7 Å². The van der Waals surface area contributed by atoms with Crippen molar-refractivity contribution in [3.05, 3.63) is 47.7 Å². The van der Waals surface area contributed by atoms with E-state index in [0.717, 1.165) is 18.4 Å². The van der Waals surface area contributed by atoms with E-state index in [1.807, 2.05) is 18.2 Å². The quantitative estimate of drug-likeness (QED) is 0.780. The second-order valence-corrected chi connectivity index (χ2v) is 4.18. The van der Waals surface area contributed by atoms with Crippen LogP contribution in [-0.2, 0) is 4.79 Å². The van der Waals surface area contributed by atoms with Crippen LogP contribution in [0.15, 0.2) is 42.1 Å². The predicted octanol–water partition coefficient (Wildman–Crippen LogP) is 2.40. The molecule has 0 spiro atoms. The van der Waals surface area contributed by atoms with Crippen LogP contribution in [0.5, 0.6) is 0 Å². The van der Waals surface area contributed by atoms with E-state index in [2.05, 4.69) is 0 Å². The Labute approximate surface area is 101 Å². The van der Waals surface area contributed by atoms with Gasteiger partial charge >= 0.3 is 0 Å². The summed E-state index contributed by atoms with van der Waals surface area (Å²) in [5.74, 6) is 0.0135. The molecule has 1 amide bonds. The molecule has 1 aliphatic heterocycles. The van der Waals surface area contributed by atoms with Gasteiger partial charge in [0.15, 0.2) is 5.78 Å². The van der Waals surface area contributed by atoms with Gasteiger partial charge in [-0.25, -0.2) is 0 Å². The molecule has 0 saturated carbocycles. The molecule has 1 aromatic carbocycles. The van der Waals surface area contributed by atoms with E-state index < -0.39 is 0 Å². The van der Waals surface area contributed by atoms with Crippen molar-refractivity contribution in [1.82, 2.24) is 4.90 Å². The van der Waals surface area contributed by atoms with Gasteiger partial charge in [-0.15, -0.1) is 0 Å². The summed E-state index contributed by atoms with van der Waals surface area (Å²) in [7, 11) is 0. The summed E-state index contributed by atoms with van der Waals surface area (Å²) in [6.07, 6.45) is 3.32. The second kappa shape index (κ2) is 4.95. The minimum Gasteiger partial charge on any atom is -0.315 e. The standard InChI is InChI=1S/C14H15NO2/c1-11(16)13-8-5-9-15(10-13)14(17)12-6-3-2-4-7-12/h2-4,6-7,10H,5,8-9H2,1H3. The van der Waals surface area contributed by atoms with Gasteiger partial charge in [0.2, 0.25) is 0 Å². The molecule has 3 heteroatoms. The molecule has 2 rings (SSSR count). The Balaban J connectivity index is 2.21. The molecule has 0 saturated heterocycles.